The van der Waals surface area contributed by atoms with Crippen LogP contribution in [0.25, 0.3) is 0 Å². The van der Waals surface area contributed by atoms with E-state index in [4.69, 9.17) is 4.74 Å². The van der Waals surface area contributed by atoms with Crippen LogP contribution in [0.1, 0.15) is 30.5 Å². The molecule has 2 aromatic heterocycles. The van der Waals surface area contributed by atoms with Gasteiger partial charge < -0.3 is 9.64 Å². The zero-order valence-electron chi connectivity index (χ0n) is 14.0. The number of aromatic nitrogens is 2. The van der Waals surface area contributed by atoms with Crippen LogP contribution in [-0.2, 0) is 11.3 Å². The molecule has 0 aromatic carbocycles. The highest BCUT2D eigenvalue weighted by Gasteiger charge is 2.23. The molecule has 6 heteroatoms. The van der Waals surface area contributed by atoms with Crippen LogP contribution < -0.4 is 4.90 Å². The molecule has 1 fully saturated rings. The minimum atomic E-state index is 0.100. The molecule has 23 heavy (non-hydrogen) atoms. The van der Waals surface area contributed by atoms with Gasteiger partial charge in [0.05, 0.1) is 6.61 Å². The van der Waals surface area contributed by atoms with Crippen LogP contribution in [-0.4, -0.2) is 47.7 Å². The van der Waals surface area contributed by atoms with Crippen molar-refractivity contribution in [2.24, 2.45) is 0 Å². The van der Waals surface area contributed by atoms with Crippen LogP contribution in [0.2, 0.25) is 0 Å². The third kappa shape index (κ3) is 4.07. The fourth-order valence-corrected chi connectivity index (χ4v) is 3.31. The number of rotatable bonds is 5. The van der Waals surface area contributed by atoms with E-state index in [2.05, 4.69) is 52.8 Å². The second-order valence-electron chi connectivity index (χ2n) is 6.19. The average molecular weight is 332 g/mol. The van der Waals surface area contributed by atoms with Crippen LogP contribution >= 0.6 is 11.3 Å². The zero-order valence-corrected chi connectivity index (χ0v) is 14.8. The van der Waals surface area contributed by atoms with Gasteiger partial charge in [0.1, 0.15) is 16.9 Å². The molecular weight excluding hydrogens is 308 g/mol. The molecule has 124 valence electrons. The zero-order chi connectivity index (χ0) is 16.2. The number of morpholine rings is 1. The molecule has 5 nitrogen and oxygen atoms in total. The molecule has 0 spiro atoms. The Morgan fingerprint density at radius 2 is 2.26 bits per heavy atom. The van der Waals surface area contributed by atoms with Gasteiger partial charge in [0.15, 0.2) is 0 Å². The van der Waals surface area contributed by atoms with Crippen LogP contribution in [0, 0.1) is 0 Å². The summed E-state index contributed by atoms with van der Waals surface area (Å²) in [6.07, 6.45) is 3.93. The lowest BCUT2D eigenvalue weighted by Gasteiger charge is -2.32. The van der Waals surface area contributed by atoms with E-state index in [0.717, 1.165) is 37.1 Å². The van der Waals surface area contributed by atoms with Gasteiger partial charge >= 0.3 is 0 Å². The second kappa shape index (κ2) is 7.38. The number of hydrogen-bond acceptors (Lipinski definition) is 6. The summed E-state index contributed by atoms with van der Waals surface area (Å²) in [6.45, 7) is 7.84. The fraction of sp³-hybridized carbons (Fsp3) is 0.529. The molecule has 1 aliphatic rings. The predicted molar refractivity (Wildman–Crippen MR) is 93.9 cm³/mol. The maximum Gasteiger partial charge on any atom is 0.128 e. The number of pyridine rings is 1. The number of hydrogen-bond donors (Lipinski definition) is 0. The Kier molecular flexibility index (Phi) is 5.25. The quantitative estimate of drug-likeness (QED) is 0.842. The topological polar surface area (TPSA) is 41.5 Å². The monoisotopic (exact) mass is 332 g/mol. The van der Waals surface area contributed by atoms with Gasteiger partial charge in [0.2, 0.25) is 0 Å². The summed E-state index contributed by atoms with van der Waals surface area (Å²) in [4.78, 5) is 13.6. The van der Waals surface area contributed by atoms with Crippen molar-refractivity contribution < 1.29 is 4.74 Å². The maximum absolute atomic E-state index is 5.85. The molecule has 2 aromatic rings. The first-order chi connectivity index (χ1) is 11.1. The highest BCUT2D eigenvalue weighted by molar-refractivity contribution is 7.09. The third-order valence-electron chi connectivity index (χ3n) is 4.23. The first kappa shape index (κ1) is 16.4. The van der Waals surface area contributed by atoms with Gasteiger partial charge in [-0.25, -0.2) is 9.97 Å². The van der Waals surface area contributed by atoms with Gasteiger partial charge in [-0.3, -0.25) is 4.90 Å². The molecule has 0 bridgehead atoms. The summed E-state index contributed by atoms with van der Waals surface area (Å²) in [5.41, 5.74) is 1.24. The molecule has 0 N–H and O–H groups in total. The van der Waals surface area contributed by atoms with Crippen LogP contribution in [0.3, 0.4) is 0 Å². The Balaban J connectivity index is 1.60. The normalized spacial score (nSPS) is 19.2. The van der Waals surface area contributed by atoms with Crippen molar-refractivity contribution in [1.82, 2.24) is 14.9 Å². The fourth-order valence-electron chi connectivity index (χ4n) is 2.63. The van der Waals surface area contributed by atoms with Crippen molar-refractivity contribution in [1.29, 1.82) is 0 Å². The smallest absolute Gasteiger partial charge is 0.128 e. The molecule has 0 unspecified atom stereocenters. The minimum absolute atomic E-state index is 0.100. The van der Waals surface area contributed by atoms with Crippen molar-refractivity contribution in [2.75, 3.05) is 31.6 Å². The molecule has 1 saturated heterocycles. The van der Waals surface area contributed by atoms with Crippen molar-refractivity contribution in [2.45, 2.75) is 32.5 Å². The number of anilines is 1. The molecule has 3 rings (SSSR count). The predicted octanol–water partition coefficient (Wildman–Crippen LogP) is 2.96. The highest BCUT2D eigenvalue weighted by Crippen LogP contribution is 2.24. The molecular formula is C17H24N4OS. The Morgan fingerprint density at radius 1 is 1.39 bits per heavy atom. The van der Waals surface area contributed by atoms with Gasteiger partial charge in [-0.15, -0.1) is 11.3 Å². The molecule has 1 atom stereocenters. The van der Waals surface area contributed by atoms with Gasteiger partial charge in [-0.2, -0.15) is 0 Å². The van der Waals surface area contributed by atoms with Crippen molar-refractivity contribution in [3.8, 4) is 0 Å². The summed E-state index contributed by atoms with van der Waals surface area (Å²) in [5.74, 6) is 1.02. The van der Waals surface area contributed by atoms with E-state index in [0.29, 0.717) is 6.04 Å². The van der Waals surface area contributed by atoms with Crippen LogP contribution in [0.15, 0.2) is 29.9 Å². The van der Waals surface area contributed by atoms with E-state index in [1.54, 1.807) is 11.3 Å². The summed E-state index contributed by atoms with van der Waals surface area (Å²) in [7, 11) is 2.08. The number of ether oxygens (including phenoxy) is 1. The van der Waals surface area contributed by atoms with E-state index in [9.17, 15) is 0 Å². The van der Waals surface area contributed by atoms with E-state index >= 15 is 0 Å². The largest absolute Gasteiger partial charge is 0.368 e. The molecule has 0 radical (unpaired) electrons. The lowest BCUT2D eigenvalue weighted by Crippen LogP contribution is -2.37. The molecule has 0 saturated carbocycles. The summed E-state index contributed by atoms with van der Waals surface area (Å²) in [5, 5.41) is 3.08. The minimum Gasteiger partial charge on any atom is -0.368 e. The van der Waals surface area contributed by atoms with Crippen molar-refractivity contribution in [3.05, 3.63) is 40.5 Å². The van der Waals surface area contributed by atoms with Gasteiger partial charge in [-0.05, 0) is 25.5 Å². The molecule has 1 aliphatic heterocycles. The average Bonchev–Trinajstić information content (AvgIpc) is 3.10. The lowest BCUT2D eigenvalue weighted by atomic mass is 10.2. The molecule has 0 amide bonds. The standard InChI is InChI=1S/C17H24N4OS/c1-13(2)20(3)16-5-4-14(10-19-16)11-21-7-8-22-15(12-21)17-18-6-9-23-17/h4-6,9-10,13,15H,7-8,11-12H2,1-3H3/t15-/m0/s1. The summed E-state index contributed by atoms with van der Waals surface area (Å²) >= 11 is 1.66. The van der Waals surface area contributed by atoms with E-state index in [1.807, 2.05) is 17.8 Å². The third-order valence-corrected chi connectivity index (χ3v) is 5.10. The van der Waals surface area contributed by atoms with Crippen molar-refractivity contribution >= 4 is 17.2 Å². The van der Waals surface area contributed by atoms with E-state index in [1.165, 1.54) is 5.56 Å². The van der Waals surface area contributed by atoms with Gasteiger partial charge in [0.25, 0.3) is 0 Å². The maximum atomic E-state index is 5.85. The van der Waals surface area contributed by atoms with Crippen molar-refractivity contribution in [3.63, 3.8) is 0 Å². The first-order valence-electron chi connectivity index (χ1n) is 8.04. The first-order valence-corrected chi connectivity index (χ1v) is 8.92. The Bertz CT molecular complexity index is 600. The second-order valence-corrected chi connectivity index (χ2v) is 7.12. The summed E-state index contributed by atoms with van der Waals surface area (Å²) < 4.78 is 5.85. The SMILES string of the molecule is CC(C)N(C)c1ccc(CN2CCO[C@H](c3nccs3)C2)cn1. The Labute approximate surface area is 141 Å². The highest BCUT2D eigenvalue weighted by atomic mass is 32.1. The number of nitrogens with zero attached hydrogens (tertiary/aromatic N) is 4. The van der Waals surface area contributed by atoms with Crippen LogP contribution in [0.4, 0.5) is 5.82 Å². The summed E-state index contributed by atoms with van der Waals surface area (Å²) in [6, 6.07) is 4.73. The van der Waals surface area contributed by atoms with Crippen LogP contribution in [0.5, 0.6) is 0 Å². The van der Waals surface area contributed by atoms with E-state index in [-0.39, 0.29) is 6.10 Å². The van der Waals surface area contributed by atoms with Gasteiger partial charge in [0, 0.05) is 50.5 Å². The molecule has 3 heterocycles. The lowest BCUT2D eigenvalue weighted by molar-refractivity contribution is -0.0330. The Morgan fingerprint density at radius 3 is 2.91 bits per heavy atom. The van der Waals surface area contributed by atoms with E-state index < -0.39 is 0 Å². The number of thiazole rings is 1. The van der Waals surface area contributed by atoms with Gasteiger partial charge in [-0.1, -0.05) is 6.07 Å². The molecule has 0 aliphatic carbocycles. The Hall–Kier alpha value is -1.50.